The van der Waals surface area contributed by atoms with Crippen LogP contribution in [0.2, 0.25) is 0 Å². The van der Waals surface area contributed by atoms with Crippen LogP contribution >= 0.6 is 0 Å². The average molecular weight is 266 g/mol. The summed E-state index contributed by atoms with van der Waals surface area (Å²) in [7, 11) is 1.94. The molecule has 0 aliphatic rings. The topological polar surface area (TPSA) is 65.9 Å². The molecular weight excluding hydrogens is 248 g/mol. The van der Waals surface area contributed by atoms with E-state index in [4.69, 9.17) is 5.73 Å². The van der Waals surface area contributed by atoms with Crippen molar-refractivity contribution in [2.24, 2.45) is 0 Å². The number of nitrogens with zero attached hydrogens (tertiary/aromatic N) is 3. The van der Waals surface area contributed by atoms with Gasteiger partial charge in [-0.2, -0.15) is 5.26 Å². The quantitative estimate of drug-likeness (QED) is 0.867. The van der Waals surface area contributed by atoms with Gasteiger partial charge in [-0.3, -0.25) is 0 Å². The van der Waals surface area contributed by atoms with Crippen LogP contribution in [0.3, 0.4) is 0 Å². The van der Waals surface area contributed by atoms with Crippen molar-refractivity contribution < 1.29 is 0 Å². The molecule has 0 amide bonds. The first-order valence-electron chi connectivity index (χ1n) is 6.45. The SMILES string of the molecule is Cc1cc(C)c(C#N)c(N(C)Cc2cccc(N)c2)n1. The standard InChI is InChI=1S/C16H18N4/c1-11-7-12(2)19-16(15(11)9-17)20(3)10-13-5-4-6-14(18)8-13/h4-8H,10,18H2,1-3H3. The molecule has 0 fully saturated rings. The molecule has 2 aromatic rings. The number of pyridine rings is 1. The van der Waals surface area contributed by atoms with E-state index >= 15 is 0 Å². The zero-order valence-electron chi connectivity index (χ0n) is 12.0. The number of nitriles is 1. The van der Waals surface area contributed by atoms with Crippen molar-refractivity contribution in [3.05, 3.63) is 52.7 Å². The van der Waals surface area contributed by atoms with Gasteiger partial charge in [-0.1, -0.05) is 12.1 Å². The lowest BCUT2D eigenvalue weighted by Gasteiger charge is -2.21. The molecule has 1 aromatic carbocycles. The first-order valence-corrected chi connectivity index (χ1v) is 6.45. The summed E-state index contributed by atoms with van der Waals surface area (Å²) >= 11 is 0. The molecule has 0 radical (unpaired) electrons. The van der Waals surface area contributed by atoms with Crippen LogP contribution in [0.5, 0.6) is 0 Å². The smallest absolute Gasteiger partial charge is 0.147 e. The Morgan fingerprint density at radius 2 is 2.05 bits per heavy atom. The maximum atomic E-state index is 9.31. The molecule has 0 saturated carbocycles. The van der Waals surface area contributed by atoms with Crippen LogP contribution in [0.1, 0.15) is 22.4 Å². The summed E-state index contributed by atoms with van der Waals surface area (Å²) in [5, 5.41) is 9.31. The molecule has 102 valence electrons. The van der Waals surface area contributed by atoms with Gasteiger partial charge in [0, 0.05) is 25.0 Å². The highest BCUT2D eigenvalue weighted by Gasteiger charge is 2.13. The Morgan fingerprint density at radius 3 is 2.70 bits per heavy atom. The number of benzene rings is 1. The van der Waals surface area contributed by atoms with Crippen molar-refractivity contribution in [1.82, 2.24) is 4.98 Å². The molecule has 0 spiro atoms. The summed E-state index contributed by atoms with van der Waals surface area (Å²) in [4.78, 5) is 6.47. The molecule has 0 aliphatic carbocycles. The fraction of sp³-hybridized carbons (Fsp3) is 0.250. The van der Waals surface area contributed by atoms with Gasteiger partial charge in [-0.15, -0.1) is 0 Å². The fourth-order valence-electron chi connectivity index (χ4n) is 2.27. The predicted molar refractivity (Wildman–Crippen MR) is 81.4 cm³/mol. The summed E-state index contributed by atoms with van der Waals surface area (Å²) < 4.78 is 0. The average Bonchev–Trinajstić information content (AvgIpc) is 2.37. The zero-order valence-corrected chi connectivity index (χ0v) is 12.0. The van der Waals surface area contributed by atoms with E-state index in [1.165, 1.54) is 0 Å². The molecule has 4 nitrogen and oxygen atoms in total. The van der Waals surface area contributed by atoms with E-state index in [0.29, 0.717) is 17.9 Å². The Balaban J connectivity index is 2.34. The highest BCUT2D eigenvalue weighted by molar-refractivity contribution is 5.58. The van der Waals surface area contributed by atoms with Gasteiger partial charge >= 0.3 is 0 Å². The molecule has 1 heterocycles. The molecule has 20 heavy (non-hydrogen) atoms. The lowest BCUT2D eigenvalue weighted by molar-refractivity contribution is 0.887. The van der Waals surface area contributed by atoms with Crippen molar-refractivity contribution in [3.8, 4) is 6.07 Å². The van der Waals surface area contributed by atoms with E-state index in [9.17, 15) is 5.26 Å². The van der Waals surface area contributed by atoms with Gasteiger partial charge in [0.1, 0.15) is 11.9 Å². The Bertz CT molecular complexity index is 671. The number of nitrogens with two attached hydrogens (primary N) is 1. The summed E-state index contributed by atoms with van der Waals surface area (Å²) in [5.74, 6) is 0.715. The van der Waals surface area contributed by atoms with Crippen molar-refractivity contribution in [1.29, 1.82) is 5.26 Å². The number of hydrogen-bond acceptors (Lipinski definition) is 4. The third-order valence-electron chi connectivity index (χ3n) is 3.17. The highest BCUT2D eigenvalue weighted by atomic mass is 15.2. The van der Waals surface area contributed by atoms with Gasteiger partial charge in [0.05, 0.1) is 5.56 Å². The molecule has 2 N–H and O–H groups in total. The van der Waals surface area contributed by atoms with Gasteiger partial charge < -0.3 is 10.6 Å². The van der Waals surface area contributed by atoms with E-state index in [1.54, 1.807) is 0 Å². The lowest BCUT2D eigenvalue weighted by atomic mass is 10.1. The Labute approximate surface area is 119 Å². The fourth-order valence-corrected chi connectivity index (χ4v) is 2.27. The van der Waals surface area contributed by atoms with Crippen LogP contribution in [0.4, 0.5) is 11.5 Å². The minimum Gasteiger partial charge on any atom is -0.399 e. The first-order chi connectivity index (χ1) is 9.51. The summed E-state index contributed by atoms with van der Waals surface area (Å²) in [5.41, 5.74) is 10.1. The third-order valence-corrected chi connectivity index (χ3v) is 3.17. The minimum atomic E-state index is 0.627. The van der Waals surface area contributed by atoms with Crippen molar-refractivity contribution in [2.75, 3.05) is 17.7 Å². The number of aryl methyl sites for hydroxylation is 2. The maximum Gasteiger partial charge on any atom is 0.147 e. The number of nitrogen functional groups attached to an aromatic ring is 1. The monoisotopic (exact) mass is 266 g/mol. The number of anilines is 2. The largest absolute Gasteiger partial charge is 0.399 e. The third kappa shape index (κ3) is 2.89. The molecular formula is C16H18N4. The zero-order chi connectivity index (χ0) is 14.7. The molecule has 2 rings (SSSR count). The molecule has 0 atom stereocenters. The van der Waals surface area contributed by atoms with Gasteiger partial charge in [-0.25, -0.2) is 4.98 Å². The second-order valence-corrected chi connectivity index (χ2v) is 4.99. The van der Waals surface area contributed by atoms with Crippen LogP contribution in [-0.4, -0.2) is 12.0 Å². The number of hydrogen-bond donors (Lipinski definition) is 1. The van der Waals surface area contributed by atoms with E-state index in [1.807, 2.05) is 56.1 Å². The number of aromatic nitrogens is 1. The maximum absolute atomic E-state index is 9.31. The van der Waals surface area contributed by atoms with Gasteiger partial charge in [-0.05, 0) is 43.2 Å². The van der Waals surface area contributed by atoms with Crippen LogP contribution < -0.4 is 10.6 Å². The van der Waals surface area contributed by atoms with E-state index < -0.39 is 0 Å². The van der Waals surface area contributed by atoms with Gasteiger partial charge in [0.25, 0.3) is 0 Å². The summed E-state index contributed by atoms with van der Waals surface area (Å²) in [6.07, 6.45) is 0. The van der Waals surface area contributed by atoms with Crippen LogP contribution in [0, 0.1) is 25.2 Å². The Kier molecular flexibility index (Phi) is 3.90. The van der Waals surface area contributed by atoms with E-state index in [0.717, 1.165) is 22.5 Å². The number of rotatable bonds is 3. The lowest BCUT2D eigenvalue weighted by Crippen LogP contribution is -2.20. The molecule has 1 aromatic heterocycles. The molecule has 0 bridgehead atoms. The van der Waals surface area contributed by atoms with Gasteiger partial charge in [0.15, 0.2) is 0 Å². The normalized spacial score (nSPS) is 10.1. The van der Waals surface area contributed by atoms with Crippen molar-refractivity contribution in [3.63, 3.8) is 0 Å². The van der Waals surface area contributed by atoms with E-state index in [-0.39, 0.29) is 0 Å². The second-order valence-electron chi connectivity index (χ2n) is 4.99. The molecule has 4 heteroatoms. The van der Waals surface area contributed by atoms with Crippen LogP contribution in [0.15, 0.2) is 30.3 Å². The van der Waals surface area contributed by atoms with Gasteiger partial charge in [0.2, 0.25) is 0 Å². The highest BCUT2D eigenvalue weighted by Crippen LogP contribution is 2.22. The Hall–Kier alpha value is -2.54. The molecule has 0 unspecified atom stereocenters. The van der Waals surface area contributed by atoms with Crippen LogP contribution in [0.25, 0.3) is 0 Å². The molecule has 0 aliphatic heterocycles. The predicted octanol–water partition coefficient (Wildman–Crippen LogP) is 2.79. The second kappa shape index (κ2) is 5.62. The van der Waals surface area contributed by atoms with Crippen molar-refractivity contribution >= 4 is 11.5 Å². The minimum absolute atomic E-state index is 0.627. The summed E-state index contributed by atoms with van der Waals surface area (Å²) in [6.45, 7) is 4.53. The van der Waals surface area contributed by atoms with E-state index in [2.05, 4.69) is 11.1 Å². The first kappa shape index (κ1) is 13.9. The summed E-state index contributed by atoms with van der Waals surface area (Å²) in [6, 6.07) is 11.9. The Morgan fingerprint density at radius 1 is 1.30 bits per heavy atom. The molecule has 0 saturated heterocycles. The van der Waals surface area contributed by atoms with Crippen LogP contribution in [-0.2, 0) is 6.54 Å². The van der Waals surface area contributed by atoms with Crippen molar-refractivity contribution in [2.45, 2.75) is 20.4 Å².